The largest absolute Gasteiger partial charge is 0.351 e. The predicted molar refractivity (Wildman–Crippen MR) is 86.7 cm³/mol. The lowest BCUT2D eigenvalue weighted by Gasteiger charge is -2.27. The van der Waals surface area contributed by atoms with Crippen molar-refractivity contribution in [3.8, 4) is 0 Å². The second-order valence-electron chi connectivity index (χ2n) is 5.03. The molecule has 2 aromatic heterocycles. The molecule has 2 unspecified atom stereocenters. The van der Waals surface area contributed by atoms with Crippen molar-refractivity contribution in [1.82, 2.24) is 5.32 Å². The number of amides is 1. The molecule has 0 aromatic carbocycles. The summed E-state index contributed by atoms with van der Waals surface area (Å²) in [6.45, 7) is 0.792. The van der Waals surface area contributed by atoms with Crippen LogP contribution in [0.2, 0.25) is 0 Å². The SMILES string of the molecule is O=C(NCC1CCCCC1Br)c1cc2sccc2s1. The minimum Gasteiger partial charge on any atom is -0.351 e. The lowest BCUT2D eigenvalue weighted by Crippen LogP contribution is -2.34. The summed E-state index contributed by atoms with van der Waals surface area (Å²) in [6, 6.07) is 4.09. The molecule has 2 heterocycles. The van der Waals surface area contributed by atoms with E-state index in [-0.39, 0.29) is 5.91 Å². The number of fused-ring (bicyclic) bond motifs is 1. The zero-order chi connectivity index (χ0) is 13.2. The summed E-state index contributed by atoms with van der Waals surface area (Å²) < 4.78 is 2.43. The molecule has 1 fully saturated rings. The summed E-state index contributed by atoms with van der Waals surface area (Å²) in [5, 5.41) is 5.17. The summed E-state index contributed by atoms with van der Waals surface area (Å²) in [6.07, 6.45) is 5.05. The highest BCUT2D eigenvalue weighted by atomic mass is 79.9. The summed E-state index contributed by atoms with van der Waals surface area (Å²) in [7, 11) is 0. The Kier molecular flexibility index (Phi) is 4.24. The van der Waals surface area contributed by atoms with Crippen molar-refractivity contribution < 1.29 is 4.79 Å². The van der Waals surface area contributed by atoms with Gasteiger partial charge in [0.25, 0.3) is 5.91 Å². The molecule has 0 radical (unpaired) electrons. The first-order chi connectivity index (χ1) is 9.24. The average molecular weight is 358 g/mol. The molecule has 0 saturated heterocycles. The third-order valence-corrected chi connectivity index (χ3v) is 7.00. The van der Waals surface area contributed by atoms with Gasteiger partial charge in [-0.3, -0.25) is 4.79 Å². The van der Waals surface area contributed by atoms with Crippen LogP contribution in [0.15, 0.2) is 17.5 Å². The van der Waals surface area contributed by atoms with E-state index < -0.39 is 0 Å². The van der Waals surface area contributed by atoms with E-state index >= 15 is 0 Å². The third kappa shape index (κ3) is 3.03. The van der Waals surface area contributed by atoms with Crippen LogP contribution >= 0.6 is 38.6 Å². The Labute approximate surface area is 129 Å². The van der Waals surface area contributed by atoms with Crippen molar-refractivity contribution in [3.63, 3.8) is 0 Å². The molecular weight excluding hydrogens is 342 g/mol. The predicted octanol–water partition coefficient (Wildman–Crippen LogP) is 4.65. The molecule has 2 nitrogen and oxygen atoms in total. The highest BCUT2D eigenvalue weighted by Gasteiger charge is 2.23. The van der Waals surface area contributed by atoms with Gasteiger partial charge in [-0.1, -0.05) is 28.8 Å². The number of alkyl halides is 1. The van der Waals surface area contributed by atoms with Crippen LogP contribution in [0.1, 0.15) is 35.4 Å². The second kappa shape index (κ2) is 5.94. The van der Waals surface area contributed by atoms with Crippen molar-refractivity contribution in [2.75, 3.05) is 6.54 Å². The average Bonchev–Trinajstić information content (AvgIpc) is 2.98. The fraction of sp³-hybridized carbons (Fsp3) is 0.500. The van der Waals surface area contributed by atoms with E-state index in [0.29, 0.717) is 10.7 Å². The fourth-order valence-corrected chi connectivity index (χ4v) is 5.38. The van der Waals surface area contributed by atoms with Gasteiger partial charge in [-0.05, 0) is 36.3 Å². The number of carbonyl (C=O) groups excluding carboxylic acids is 1. The Morgan fingerprint density at radius 3 is 3.00 bits per heavy atom. The second-order valence-corrected chi connectivity index (χ2v) is 8.24. The molecule has 102 valence electrons. The van der Waals surface area contributed by atoms with Gasteiger partial charge in [0.1, 0.15) is 0 Å². The quantitative estimate of drug-likeness (QED) is 0.796. The number of halogens is 1. The minimum atomic E-state index is 0.0821. The Bertz CT molecular complexity index is 548. The lowest BCUT2D eigenvalue weighted by molar-refractivity contribution is 0.0948. The van der Waals surface area contributed by atoms with Gasteiger partial charge >= 0.3 is 0 Å². The molecule has 1 saturated carbocycles. The van der Waals surface area contributed by atoms with E-state index in [4.69, 9.17) is 0 Å². The van der Waals surface area contributed by atoms with Crippen molar-refractivity contribution in [1.29, 1.82) is 0 Å². The van der Waals surface area contributed by atoms with E-state index in [1.54, 1.807) is 22.7 Å². The number of nitrogens with one attached hydrogen (secondary N) is 1. The van der Waals surface area contributed by atoms with Gasteiger partial charge in [0.2, 0.25) is 0 Å². The van der Waals surface area contributed by atoms with E-state index in [9.17, 15) is 4.79 Å². The molecule has 0 bridgehead atoms. The Hall–Kier alpha value is -0.390. The van der Waals surface area contributed by atoms with Crippen molar-refractivity contribution in [2.45, 2.75) is 30.5 Å². The first-order valence-electron chi connectivity index (χ1n) is 6.63. The van der Waals surface area contributed by atoms with Gasteiger partial charge in [0, 0.05) is 20.8 Å². The van der Waals surface area contributed by atoms with E-state index in [0.717, 1.165) is 11.4 Å². The number of hydrogen-bond acceptors (Lipinski definition) is 3. The van der Waals surface area contributed by atoms with Crippen molar-refractivity contribution >= 4 is 53.9 Å². The molecule has 0 aliphatic heterocycles. The zero-order valence-electron chi connectivity index (χ0n) is 10.5. The standard InChI is InChI=1S/C14H16BrNOS2/c15-10-4-2-1-3-9(10)8-16-14(17)13-7-12-11(19-13)5-6-18-12/h5-7,9-10H,1-4,8H2,(H,16,17). The number of rotatable bonds is 3. The Balaban J connectivity index is 1.60. The minimum absolute atomic E-state index is 0.0821. The van der Waals surface area contributed by atoms with E-state index in [1.807, 2.05) is 6.07 Å². The Morgan fingerprint density at radius 1 is 1.37 bits per heavy atom. The summed E-state index contributed by atoms with van der Waals surface area (Å²) in [5.74, 6) is 0.664. The smallest absolute Gasteiger partial charge is 0.261 e. The lowest BCUT2D eigenvalue weighted by atomic mass is 9.89. The van der Waals surface area contributed by atoms with Gasteiger partial charge in [0.15, 0.2) is 0 Å². The number of thiophene rings is 2. The van der Waals surface area contributed by atoms with Crippen LogP contribution in [-0.4, -0.2) is 17.3 Å². The van der Waals surface area contributed by atoms with E-state index in [2.05, 4.69) is 32.7 Å². The molecule has 19 heavy (non-hydrogen) atoms. The molecule has 3 rings (SSSR count). The van der Waals surface area contributed by atoms with Gasteiger partial charge < -0.3 is 5.32 Å². The normalized spacial score (nSPS) is 23.6. The van der Waals surface area contributed by atoms with Crippen LogP contribution in [0, 0.1) is 5.92 Å². The first kappa shape index (κ1) is 13.6. The maximum Gasteiger partial charge on any atom is 0.261 e. The maximum absolute atomic E-state index is 12.2. The molecule has 0 spiro atoms. The molecule has 2 aromatic rings. The fourth-order valence-electron chi connectivity index (χ4n) is 2.58. The van der Waals surface area contributed by atoms with Gasteiger partial charge in [-0.15, -0.1) is 22.7 Å². The molecule has 1 aliphatic rings. The van der Waals surface area contributed by atoms with Crippen LogP contribution in [0.5, 0.6) is 0 Å². The zero-order valence-corrected chi connectivity index (χ0v) is 13.7. The maximum atomic E-state index is 12.2. The highest BCUT2D eigenvalue weighted by Crippen LogP contribution is 2.31. The first-order valence-corrected chi connectivity index (χ1v) is 9.24. The molecule has 5 heteroatoms. The van der Waals surface area contributed by atoms with Crippen LogP contribution in [-0.2, 0) is 0 Å². The molecule has 1 aliphatic carbocycles. The molecule has 2 atom stereocenters. The van der Waals surface area contributed by atoms with Gasteiger partial charge in [-0.2, -0.15) is 0 Å². The van der Waals surface area contributed by atoms with Crippen LogP contribution in [0.25, 0.3) is 9.40 Å². The third-order valence-electron chi connectivity index (χ3n) is 3.70. The molecule has 1 amide bonds. The highest BCUT2D eigenvalue weighted by molar-refractivity contribution is 9.09. The van der Waals surface area contributed by atoms with Crippen molar-refractivity contribution in [2.24, 2.45) is 5.92 Å². The molecular formula is C14H16BrNOS2. The van der Waals surface area contributed by atoms with Gasteiger partial charge in [0.05, 0.1) is 4.88 Å². The van der Waals surface area contributed by atoms with Crippen LogP contribution in [0.4, 0.5) is 0 Å². The summed E-state index contributed by atoms with van der Waals surface area (Å²) >= 11 is 7.02. The van der Waals surface area contributed by atoms with Crippen molar-refractivity contribution in [3.05, 3.63) is 22.4 Å². The Morgan fingerprint density at radius 2 is 2.21 bits per heavy atom. The molecule has 1 N–H and O–H groups in total. The summed E-state index contributed by atoms with van der Waals surface area (Å²) in [4.78, 5) is 13.6. The van der Waals surface area contributed by atoms with Gasteiger partial charge in [-0.25, -0.2) is 0 Å². The monoisotopic (exact) mass is 357 g/mol. The van der Waals surface area contributed by atoms with Crippen LogP contribution in [0.3, 0.4) is 0 Å². The van der Waals surface area contributed by atoms with E-state index in [1.165, 1.54) is 35.1 Å². The van der Waals surface area contributed by atoms with Crippen LogP contribution < -0.4 is 5.32 Å². The number of hydrogen-bond donors (Lipinski definition) is 1. The topological polar surface area (TPSA) is 29.1 Å². The number of carbonyl (C=O) groups is 1. The summed E-state index contributed by atoms with van der Waals surface area (Å²) in [5.41, 5.74) is 0.